The molecule has 0 amide bonds. The van der Waals surface area contributed by atoms with Crippen molar-refractivity contribution < 1.29 is 5.11 Å². The van der Waals surface area contributed by atoms with Gasteiger partial charge in [0.25, 0.3) is 0 Å². The predicted octanol–water partition coefficient (Wildman–Crippen LogP) is 7.20. The molecule has 0 radical (unpaired) electrons. The highest BCUT2D eigenvalue weighted by Crippen LogP contribution is 2.49. The molecule has 3 rings (SSSR count). The highest BCUT2D eigenvalue weighted by atomic mass is 16.3. The molecule has 2 saturated carbocycles. The second-order valence-corrected chi connectivity index (χ2v) is 9.75. The maximum atomic E-state index is 10.0. The number of unbranched alkanes of at least 4 members (excludes halogenated alkanes) is 4. The lowest BCUT2D eigenvalue weighted by molar-refractivity contribution is 0.469. The van der Waals surface area contributed by atoms with Gasteiger partial charge in [-0.3, -0.25) is 0 Å². The van der Waals surface area contributed by atoms with Gasteiger partial charge in [-0.05, 0) is 98.3 Å². The number of benzene rings is 1. The molecule has 1 nitrogen and oxygen atoms in total. The summed E-state index contributed by atoms with van der Waals surface area (Å²) in [6.07, 6.45) is 18.8. The van der Waals surface area contributed by atoms with Crippen LogP contribution in [0.5, 0.6) is 5.75 Å². The zero-order valence-electron chi connectivity index (χ0n) is 16.6. The predicted molar refractivity (Wildman–Crippen MR) is 107 cm³/mol. The van der Waals surface area contributed by atoms with E-state index in [9.17, 15) is 5.11 Å². The lowest BCUT2D eigenvalue weighted by Gasteiger charge is -2.10. The Morgan fingerprint density at radius 2 is 1.12 bits per heavy atom. The minimum Gasteiger partial charge on any atom is -0.508 e. The Morgan fingerprint density at radius 3 is 1.52 bits per heavy atom. The van der Waals surface area contributed by atoms with E-state index in [1.165, 1.54) is 88.2 Å². The highest BCUT2D eigenvalue weighted by Gasteiger charge is 2.36. The Kier molecular flexibility index (Phi) is 6.12. The molecule has 0 unspecified atom stereocenters. The molecular weight excluding hydrogens is 304 g/mol. The zero-order chi connectivity index (χ0) is 17.8. The fraction of sp³-hybridized carbons (Fsp3) is 0.750. The number of hydrogen-bond acceptors (Lipinski definition) is 1. The molecule has 0 aliphatic heterocycles. The highest BCUT2D eigenvalue weighted by molar-refractivity contribution is 5.33. The molecule has 2 fully saturated rings. The third-order valence-electron chi connectivity index (χ3n) is 6.74. The molecule has 2 aliphatic carbocycles. The molecule has 140 valence electrons. The maximum Gasteiger partial charge on any atom is 0.116 e. The van der Waals surface area contributed by atoms with Crippen LogP contribution in [0.3, 0.4) is 0 Å². The minimum absolute atomic E-state index is 0.462. The second-order valence-electron chi connectivity index (χ2n) is 9.75. The van der Waals surface area contributed by atoms with E-state index < -0.39 is 0 Å². The van der Waals surface area contributed by atoms with Gasteiger partial charge in [0.1, 0.15) is 5.75 Å². The first-order valence-corrected chi connectivity index (χ1v) is 10.8. The van der Waals surface area contributed by atoms with E-state index in [0.29, 0.717) is 16.6 Å². The van der Waals surface area contributed by atoms with Crippen LogP contribution in [0.1, 0.15) is 102 Å². The molecule has 0 spiro atoms. The van der Waals surface area contributed by atoms with E-state index in [1.54, 1.807) is 0 Å². The van der Waals surface area contributed by atoms with Crippen LogP contribution >= 0.6 is 0 Å². The maximum absolute atomic E-state index is 10.0. The molecule has 25 heavy (non-hydrogen) atoms. The summed E-state index contributed by atoms with van der Waals surface area (Å²) in [5, 5.41) is 10.0. The molecule has 1 N–H and O–H groups in total. The van der Waals surface area contributed by atoms with Gasteiger partial charge in [-0.2, -0.15) is 0 Å². The molecule has 1 aromatic carbocycles. The smallest absolute Gasteiger partial charge is 0.116 e. The van der Waals surface area contributed by atoms with E-state index in [-0.39, 0.29) is 0 Å². The van der Waals surface area contributed by atoms with Crippen molar-refractivity contribution in [3.8, 4) is 5.75 Å². The van der Waals surface area contributed by atoms with Gasteiger partial charge >= 0.3 is 0 Å². The Hall–Kier alpha value is -0.980. The molecule has 1 heteroatoms. The van der Waals surface area contributed by atoms with E-state index in [4.69, 9.17) is 0 Å². The molecule has 1 aromatic rings. The molecule has 2 aliphatic rings. The largest absolute Gasteiger partial charge is 0.508 e. The van der Waals surface area contributed by atoms with E-state index in [0.717, 1.165) is 12.8 Å². The van der Waals surface area contributed by atoms with Crippen LogP contribution in [0.15, 0.2) is 18.2 Å². The SMILES string of the molecule is CC1(CCCCCc2cc(O)cc(CCCCCC3(C)CC3)c2)CC1. The van der Waals surface area contributed by atoms with Gasteiger partial charge in [0.15, 0.2) is 0 Å². The van der Waals surface area contributed by atoms with Crippen LogP contribution in [0.2, 0.25) is 0 Å². The molecule has 0 atom stereocenters. The number of aryl methyl sites for hydroxylation is 2. The second kappa shape index (κ2) is 8.14. The Labute approximate surface area is 155 Å². The van der Waals surface area contributed by atoms with Crippen molar-refractivity contribution in [2.75, 3.05) is 0 Å². The van der Waals surface area contributed by atoms with Crippen LogP contribution in [-0.4, -0.2) is 5.11 Å². The van der Waals surface area contributed by atoms with Crippen molar-refractivity contribution in [3.63, 3.8) is 0 Å². The van der Waals surface area contributed by atoms with Crippen LogP contribution < -0.4 is 0 Å². The van der Waals surface area contributed by atoms with Crippen LogP contribution in [0, 0.1) is 10.8 Å². The molecule has 0 aromatic heterocycles. The number of phenolic OH excluding ortho intramolecular Hbond substituents is 1. The van der Waals surface area contributed by atoms with Gasteiger partial charge in [-0.25, -0.2) is 0 Å². The van der Waals surface area contributed by atoms with E-state index in [2.05, 4.69) is 19.9 Å². The minimum atomic E-state index is 0.462. The zero-order valence-corrected chi connectivity index (χ0v) is 16.6. The average Bonchev–Trinajstić information content (AvgIpc) is 3.47. The van der Waals surface area contributed by atoms with E-state index >= 15 is 0 Å². The van der Waals surface area contributed by atoms with Crippen molar-refractivity contribution in [2.45, 2.75) is 104 Å². The van der Waals surface area contributed by atoms with Crippen LogP contribution in [-0.2, 0) is 12.8 Å². The van der Waals surface area contributed by atoms with Crippen LogP contribution in [0.25, 0.3) is 0 Å². The third-order valence-corrected chi connectivity index (χ3v) is 6.74. The summed E-state index contributed by atoms with van der Waals surface area (Å²) < 4.78 is 0. The van der Waals surface area contributed by atoms with Gasteiger partial charge in [-0.1, -0.05) is 45.6 Å². The topological polar surface area (TPSA) is 20.2 Å². The van der Waals surface area contributed by atoms with Crippen molar-refractivity contribution >= 4 is 0 Å². The van der Waals surface area contributed by atoms with Crippen molar-refractivity contribution in [1.82, 2.24) is 0 Å². The Bertz CT molecular complexity index is 505. The quantitative estimate of drug-likeness (QED) is 0.398. The summed E-state index contributed by atoms with van der Waals surface area (Å²) in [5.41, 5.74) is 4.07. The number of phenols is 1. The first kappa shape index (κ1) is 18.8. The summed E-state index contributed by atoms with van der Waals surface area (Å²) in [6.45, 7) is 4.86. The van der Waals surface area contributed by atoms with Gasteiger partial charge in [0.05, 0.1) is 0 Å². The summed E-state index contributed by atoms with van der Waals surface area (Å²) in [5.74, 6) is 0.462. The average molecular weight is 343 g/mol. The summed E-state index contributed by atoms with van der Waals surface area (Å²) in [7, 11) is 0. The Balaban J connectivity index is 1.32. The lowest BCUT2D eigenvalue weighted by atomic mass is 9.97. The number of aromatic hydroxyl groups is 1. The van der Waals surface area contributed by atoms with Crippen molar-refractivity contribution in [3.05, 3.63) is 29.3 Å². The van der Waals surface area contributed by atoms with Gasteiger partial charge in [0, 0.05) is 0 Å². The number of rotatable bonds is 12. The normalized spacial score (nSPS) is 19.8. The Morgan fingerprint density at radius 1 is 0.680 bits per heavy atom. The first-order chi connectivity index (χ1) is 12.0. The van der Waals surface area contributed by atoms with Crippen molar-refractivity contribution in [2.24, 2.45) is 10.8 Å². The fourth-order valence-corrected chi connectivity index (χ4v) is 4.07. The standard InChI is InChI=1S/C24H38O/c1-23(13-14-23)11-7-3-5-9-20-17-21(19-22(25)18-20)10-6-4-8-12-24(2)15-16-24/h17-19,25H,3-16H2,1-2H3. The van der Waals surface area contributed by atoms with E-state index in [1.807, 2.05) is 12.1 Å². The third kappa shape index (κ3) is 6.68. The molecule has 0 bridgehead atoms. The summed E-state index contributed by atoms with van der Waals surface area (Å²) in [4.78, 5) is 0. The monoisotopic (exact) mass is 342 g/mol. The fourth-order valence-electron chi connectivity index (χ4n) is 4.07. The van der Waals surface area contributed by atoms with Gasteiger partial charge < -0.3 is 5.11 Å². The molecule has 0 heterocycles. The summed E-state index contributed by atoms with van der Waals surface area (Å²) >= 11 is 0. The molecule has 0 saturated heterocycles. The van der Waals surface area contributed by atoms with Gasteiger partial charge in [0.2, 0.25) is 0 Å². The summed E-state index contributed by atoms with van der Waals surface area (Å²) in [6, 6.07) is 6.28. The lowest BCUT2D eigenvalue weighted by Crippen LogP contribution is -1.95. The first-order valence-electron chi connectivity index (χ1n) is 10.8. The van der Waals surface area contributed by atoms with Crippen LogP contribution in [0.4, 0.5) is 0 Å². The van der Waals surface area contributed by atoms with Crippen molar-refractivity contribution in [1.29, 1.82) is 0 Å². The van der Waals surface area contributed by atoms with Gasteiger partial charge in [-0.15, -0.1) is 0 Å². The number of hydrogen-bond donors (Lipinski definition) is 1. The molecular formula is C24H38O.